The van der Waals surface area contributed by atoms with E-state index in [0.29, 0.717) is 0 Å². The molecule has 35 heteroatoms. The van der Waals surface area contributed by atoms with Crippen LogP contribution in [-0.4, -0.2) is 102 Å². The van der Waals surface area contributed by atoms with Crippen LogP contribution in [0.4, 0.5) is 132 Å². The lowest BCUT2D eigenvalue weighted by molar-refractivity contribution is -0.461. The fraction of sp³-hybridized carbons (Fsp3) is 1.00. The van der Waals surface area contributed by atoms with Crippen LogP contribution in [0, 0.1) is 0 Å². The van der Waals surface area contributed by atoms with Crippen molar-refractivity contribution in [3.05, 3.63) is 0 Å². The molecule has 53 heavy (non-hydrogen) atoms. The molecule has 1 unspecified atom stereocenters. The third-order valence-corrected chi connectivity index (χ3v) is 7.14. The zero-order valence-electron chi connectivity index (χ0n) is 23.3. The number of alkyl halides is 30. The Balaban J connectivity index is 6.08. The van der Waals surface area contributed by atoms with Crippen LogP contribution < -0.4 is 0 Å². The van der Waals surface area contributed by atoms with Crippen LogP contribution in [0.5, 0.6) is 0 Å². The van der Waals surface area contributed by atoms with Crippen molar-refractivity contribution in [2.75, 3.05) is 13.2 Å². The van der Waals surface area contributed by atoms with Crippen LogP contribution in [0.2, 0.25) is 0 Å². The summed E-state index contributed by atoms with van der Waals surface area (Å²) in [4.78, 5) is 8.97. The van der Waals surface area contributed by atoms with Crippen LogP contribution in [0.15, 0.2) is 0 Å². The molecule has 0 fully saturated rings. The largest absolute Gasteiger partial charge is 0.472 e. The first kappa shape index (κ1) is 51.0. The molecule has 1 atom stereocenters. The molecular weight excluding hydrogens is 885 g/mol. The van der Waals surface area contributed by atoms with Gasteiger partial charge in [-0.3, -0.25) is 9.05 Å². The summed E-state index contributed by atoms with van der Waals surface area (Å²) in [5.74, 6) is -100. The molecule has 0 aromatic heterocycles. The lowest BCUT2D eigenvalue weighted by Gasteiger charge is -2.42. The maximum Gasteiger partial charge on any atom is 0.472 e. The molecule has 4 nitrogen and oxygen atoms in total. The van der Waals surface area contributed by atoms with Crippen molar-refractivity contribution < 1.29 is 150 Å². The Morgan fingerprint density at radius 2 is 0.491 bits per heavy atom. The van der Waals surface area contributed by atoms with Crippen LogP contribution in [-0.2, 0) is 13.6 Å². The minimum absolute atomic E-state index is 2.91. The Labute approximate surface area is 268 Å². The van der Waals surface area contributed by atoms with Crippen molar-refractivity contribution in [3.8, 4) is 0 Å². The minimum atomic E-state index is -9.04. The number of hydrogen-bond acceptors (Lipinski definition) is 3. The number of hydrogen-bond donors (Lipinski definition) is 1. The normalized spacial score (nSPS) is 17.6. The van der Waals surface area contributed by atoms with Gasteiger partial charge in [0, 0.05) is 12.8 Å². The van der Waals surface area contributed by atoms with Gasteiger partial charge < -0.3 is 4.89 Å². The molecule has 0 aliphatic rings. The third-order valence-electron chi connectivity index (χ3n) is 6.13. The molecule has 0 bridgehead atoms. The molecule has 0 radical (unpaired) electrons. The minimum Gasteiger partial charge on any atom is -0.302 e. The summed E-state index contributed by atoms with van der Waals surface area (Å²) < 4.78 is 411. The van der Waals surface area contributed by atoms with Crippen LogP contribution in [0.25, 0.3) is 0 Å². The maximum atomic E-state index is 13.8. The van der Waals surface area contributed by atoms with Gasteiger partial charge in [0.15, 0.2) is 0 Å². The SMILES string of the molecule is O=P(O)(O[13CH2][13CH2]C(F)(F)C(F)(F)C(F)(F)C(F)(F)C(F)(F)C(F)(F)F)O[13CH2][13CH2]C(F)(F)C(F)(F)C(F)(F)C(F)(F)C(F)(F)C(F)(F)C(F)(F)C(F)(F)F. The molecule has 320 valence electrons. The molecule has 1 N–H and O–H groups in total. The van der Waals surface area contributed by atoms with Gasteiger partial charge >= 0.3 is 91.2 Å². The highest BCUT2D eigenvalue weighted by molar-refractivity contribution is 7.47. The molecule has 0 spiro atoms. The molecule has 0 amide bonds. The molecule has 0 aliphatic heterocycles. The average molecular weight is 894 g/mol. The molecule has 0 saturated heterocycles. The highest BCUT2D eigenvalue weighted by Crippen LogP contribution is 2.65. The fourth-order valence-electron chi connectivity index (χ4n) is 2.93. The van der Waals surface area contributed by atoms with Crippen molar-refractivity contribution in [1.82, 2.24) is 0 Å². The van der Waals surface area contributed by atoms with Gasteiger partial charge in [-0.05, 0) is 0 Å². The summed E-state index contributed by atoms with van der Waals surface area (Å²) in [7, 11) is -6.75. The van der Waals surface area contributed by atoms with Gasteiger partial charge in [-0.25, -0.2) is 4.57 Å². The number of halogens is 30. The Bertz CT molecular complexity index is 1330. The van der Waals surface area contributed by atoms with E-state index < -0.39 is 117 Å². The van der Waals surface area contributed by atoms with Crippen molar-refractivity contribution in [2.45, 2.75) is 96.3 Å². The Morgan fingerprint density at radius 1 is 0.321 bits per heavy atom. The molecule has 0 heterocycles. The van der Waals surface area contributed by atoms with E-state index in [1.807, 2.05) is 0 Å². The summed E-state index contributed by atoms with van der Waals surface area (Å²) in [5.41, 5.74) is 0. The molecule has 0 aliphatic carbocycles. The smallest absolute Gasteiger partial charge is 0.302 e. The standard InChI is InChI=1S/C18H9F30O4P/c19-5(20,7(23,24)9(27,28)11(31,32)12(33,34)14(37,38)16(41,42)18(46,47)48)1-3-51-53(49,50)52-4-2-6(21,22)8(25,26)10(29,30)13(35,36)15(39,40)17(43,44)45/h1-4H2,(H,49,50)/i1+1,2+1,3+1,4+1. The van der Waals surface area contributed by atoms with E-state index >= 15 is 0 Å². The summed E-state index contributed by atoms with van der Waals surface area (Å²) in [6, 6.07) is 0. The van der Waals surface area contributed by atoms with Crippen molar-refractivity contribution >= 4 is 7.82 Å². The van der Waals surface area contributed by atoms with Gasteiger partial charge in [0.2, 0.25) is 0 Å². The molecule has 0 rings (SSSR count). The van der Waals surface area contributed by atoms with Crippen molar-refractivity contribution in [1.29, 1.82) is 0 Å². The van der Waals surface area contributed by atoms with E-state index in [4.69, 9.17) is 4.89 Å². The zero-order chi connectivity index (χ0) is 43.7. The van der Waals surface area contributed by atoms with Crippen LogP contribution >= 0.6 is 7.82 Å². The Morgan fingerprint density at radius 3 is 0.679 bits per heavy atom. The predicted octanol–water partition coefficient (Wildman–Crippen LogP) is 10.6. The zero-order valence-corrected chi connectivity index (χ0v) is 24.2. The summed E-state index contributed by atoms with van der Waals surface area (Å²) >= 11 is 0. The number of phosphoric ester groups is 1. The van der Waals surface area contributed by atoms with E-state index in [1.165, 1.54) is 0 Å². The van der Waals surface area contributed by atoms with Crippen molar-refractivity contribution in [3.63, 3.8) is 0 Å². The maximum absolute atomic E-state index is 13.8. The van der Waals surface area contributed by atoms with Gasteiger partial charge in [0.1, 0.15) is 0 Å². The van der Waals surface area contributed by atoms with Gasteiger partial charge in [-0.1, -0.05) is 0 Å². The summed E-state index contributed by atoms with van der Waals surface area (Å²) in [6.07, 6.45) is -23.0. The highest BCUT2D eigenvalue weighted by Gasteiger charge is 2.95. The quantitative estimate of drug-likeness (QED) is 0.0846. The molecule has 0 aromatic rings. The topological polar surface area (TPSA) is 55.8 Å². The summed E-state index contributed by atoms with van der Waals surface area (Å²) in [6.45, 7) is -5.91. The van der Waals surface area contributed by atoms with Crippen LogP contribution in [0.3, 0.4) is 0 Å². The van der Waals surface area contributed by atoms with Gasteiger partial charge in [-0.15, -0.1) is 0 Å². The molecule has 0 aromatic carbocycles. The van der Waals surface area contributed by atoms with Crippen LogP contribution in [0.1, 0.15) is 12.8 Å². The Kier molecular flexibility index (Phi) is 13.1. The highest BCUT2D eigenvalue weighted by atomic mass is 31.2. The first-order chi connectivity index (χ1) is 22.4. The first-order valence-electron chi connectivity index (χ1n) is 11.7. The van der Waals surface area contributed by atoms with Crippen molar-refractivity contribution in [2.24, 2.45) is 0 Å². The Hall–Kier alpha value is -1.99. The lowest BCUT2D eigenvalue weighted by atomic mass is 9.90. The monoisotopic (exact) mass is 894 g/mol. The second-order valence-corrected chi connectivity index (χ2v) is 11.2. The number of phosphoric acid groups is 1. The van der Waals surface area contributed by atoms with Gasteiger partial charge in [0.05, 0.1) is 13.2 Å². The molecular formula is C18H9F30O4P. The second-order valence-electron chi connectivity index (χ2n) is 9.78. The third kappa shape index (κ3) is 7.74. The van der Waals surface area contributed by atoms with Gasteiger partial charge in [-0.2, -0.15) is 132 Å². The van der Waals surface area contributed by atoms with E-state index in [1.54, 1.807) is 0 Å². The fourth-order valence-corrected chi connectivity index (χ4v) is 3.65. The first-order valence-corrected chi connectivity index (χ1v) is 13.2. The van der Waals surface area contributed by atoms with E-state index in [0.717, 1.165) is 0 Å². The average Bonchev–Trinajstić information content (AvgIpc) is 2.90. The van der Waals surface area contributed by atoms with E-state index in [2.05, 4.69) is 9.05 Å². The molecule has 0 saturated carbocycles. The second kappa shape index (κ2) is 13.6. The van der Waals surface area contributed by atoms with E-state index in [-0.39, 0.29) is 0 Å². The number of rotatable bonds is 18. The van der Waals surface area contributed by atoms with E-state index in [9.17, 15) is 136 Å². The lowest BCUT2D eigenvalue weighted by Crippen LogP contribution is -2.74. The van der Waals surface area contributed by atoms with Gasteiger partial charge in [0.25, 0.3) is 0 Å². The summed E-state index contributed by atoms with van der Waals surface area (Å²) in [5, 5.41) is 0. The predicted molar refractivity (Wildman–Crippen MR) is 102 cm³/mol.